The lowest BCUT2D eigenvalue weighted by molar-refractivity contribution is 1.16. The highest BCUT2D eigenvalue weighted by Crippen LogP contribution is 2.29. The molecular weight excluding hydrogens is 208 g/mol. The Morgan fingerprint density at radius 2 is 2.33 bits per heavy atom. The second-order valence-electron chi connectivity index (χ2n) is 0.902. The minimum atomic E-state index is -0.00557. The van der Waals surface area contributed by atoms with Gasteiger partial charge in [-0.2, -0.15) is 0 Å². The van der Waals surface area contributed by atoms with E-state index < -0.39 is 0 Å². The molecule has 0 bridgehead atoms. The van der Waals surface area contributed by atoms with Gasteiger partial charge in [0, 0.05) is 0 Å². The molecule has 3 heteroatoms. The van der Waals surface area contributed by atoms with Gasteiger partial charge in [-0.05, 0) is 6.92 Å². The lowest BCUT2D eigenvalue weighted by Crippen LogP contribution is -1.55. The van der Waals surface area contributed by atoms with Crippen molar-refractivity contribution < 1.29 is 0 Å². The second-order valence-corrected chi connectivity index (χ2v) is 6.26. The summed E-state index contributed by atoms with van der Waals surface area (Å²) in [5.41, 5.74) is 0. The molecule has 0 rings (SSSR count). The first-order valence-electron chi connectivity index (χ1n) is 1.84. The largest absolute Gasteiger partial charge is 0.263 e. The number of rotatable bonds is 1. The van der Waals surface area contributed by atoms with E-state index >= 15 is 0 Å². The van der Waals surface area contributed by atoms with Crippen molar-refractivity contribution >= 4 is 27.4 Å². The molecule has 0 aliphatic rings. The van der Waals surface area contributed by atoms with E-state index in [0.29, 0.717) is 0 Å². The third-order valence-electron chi connectivity index (χ3n) is 0.336. The van der Waals surface area contributed by atoms with Crippen molar-refractivity contribution in [2.45, 2.75) is 6.92 Å². The summed E-state index contributed by atoms with van der Waals surface area (Å²) in [7, 11) is 0. The van der Waals surface area contributed by atoms with Crippen LogP contribution in [0, 0.1) is 0 Å². The smallest absolute Gasteiger partial charge is 0.101 e. The summed E-state index contributed by atoms with van der Waals surface area (Å²) in [5.74, 6) is 0. The van der Waals surface area contributed by atoms with Crippen molar-refractivity contribution in [2.75, 3.05) is 13.2 Å². The number of halogens is 1. The van der Waals surface area contributed by atoms with E-state index in [1.165, 1.54) is 0 Å². The van der Waals surface area contributed by atoms with Crippen LogP contribution in [-0.2, 0) is 0 Å². The van der Waals surface area contributed by atoms with E-state index in [2.05, 4.69) is 40.4 Å². The molecule has 0 aliphatic heterocycles. The van der Waals surface area contributed by atoms with E-state index in [4.69, 9.17) is 0 Å². The maximum Gasteiger partial charge on any atom is 0.263 e. The lowest BCUT2D eigenvalue weighted by Gasteiger charge is -1.64. The zero-order valence-electron chi connectivity index (χ0n) is 3.98. The Hall–Kier alpha value is 0.830. The van der Waals surface area contributed by atoms with Crippen molar-refractivity contribution in [2.24, 2.45) is 4.74 Å². The molecule has 0 saturated heterocycles. The first-order valence-corrected chi connectivity index (χ1v) is 6.37. The van der Waals surface area contributed by atoms with Crippen LogP contribution in [0.15, 0.2) is 4.74 Å². The van der Waals surface area contributed by atoms with Crippen molar-refractivity contribution in [1.29, 1.82) is 0 Å². The normalized spacial score (nSPS) is 12.2. The monoisotopic (exact) mass is 216 g/mol. The minimum absolute atomic E-state index is 0.00557. The molecule has 0 fully saturated rings. The summed E-state index contributed by atoms with van der Waals surface area (Å²) >= 11 is 2.34. The molecule has 36 valence electrons. The maximum absolute atomic E-state index is 4.18. The summed E-state index contributed by atoms with van der Waals surface area (Å²) in [4.78, 5) is 0. The molecule has 1 atom stereocenters. The Bertz CT molecular complexity index is 57.8. The van der Waals surface area contributed by atoms with E-state index in [1.54, 1.807) is 0 Å². The average Bonchev–Trinajstić information content (AvgIpc) is 1.35. The molecule has 0 N–H and O–H groups in total. The molecule has 0 aromatic heterocycles. The first kappa shape index (κ1) is 6.83. The van der Waals surface area contributed by atoms with Crippen LogP contribution in [0.4, 0.5) is 0 Å². The van der Waals surface area contributed by atoms with Crippen molar-refractivity contribution in [3.63, 3.8) is 0 Å². The van der Waals surface area contributed by atoms with Gasteiger partial charge in [0.05, 0.1) is 6.54 Å². The highest BCUT2D eigenvalue weighted by Gasteiger charge is 1.88. The van der Waals surface area contributed by atoms with Gasteiger partial charge >= 0.3 is 0 Å². The topological polar surface area (TPSA) is 12.4 Å². The van der Waals surface area contributed by atoms with Gasteiger partial charge in [0.25, 0.3) is 27.4 Å². The van der Waals surface area contributed by atoms with Gasteiger partial charge < -0.3 is 0 Å². The Morgan fingerprint density at radius 3 is 2.33 bits per heavy atom. The van der Waals surface area contributed by atoms with Gasteiger partial charge in [-0.1, -0.05) is 0 Å². The Morgan fingerprint density at radius 1 is 1.83 bits per heavy atom. The molecular formula is C3H8INP+. The number of hydrogen-bond donors (Lipinski definition) is 0. The zero-order chi connectivity index (χ0) is 4.99. The fourth-order valence-electron chi connectivity index (χ4n) is 0.195. The highest BCUT2D eigenvalue weighted by atomic mass is 127. The van der Waals surface area contributed by atoms with E-state index in [0.717, 1.165) is 6.54 Å². The highest BCUT2D eigenvalue weighted by molar-refractivity contribution is 14.2. The Labute approximate surface area is 52.5 Å². The zero-order valence-corrected chi connectivity index (χ0v) is 7.03. The first-order chi connectivity index (χ1) is 2.77. The van der Waals surface area contributed by atoms with Crippen LogP contribution < -0.4 is 0 Å². The predicted octanol–water partition coefficient (Wildman–Crippen LogP) is 2.65. The van der Waals surface area contributed by atoms with Gasteiger partial charge in [0.15, 0.2) is 0 Å². The van der Waals surface area contributed by atoms with Gasteiger partial charge in [0.2, 0.25) is 0 Å². The maximum atomic E-state index is 4.18. The van der Waals surface area contributed by atoms with Crippen LogP contribution in [0.2, 0.25) is 0 Å². The predicted molar refractivity (Wildman–Crippen MR) is 39.8 cm³/mol. The summed E-state index contributed by atoms with van der Waals surface area (Å²) < 4.78 is 4.18. The van der Waals surface area contributed by atoms with Gasteiger partial charge in [0.1, 0.15) is 6.66 Å². The van der Waals surface area contributed by atoms with Crippen LogP contribution in [0.1, 0.15) is 6.92 Å². The SMILES string of the molecule is CCN=[P+](C)I. The summed E-state index contributed by atoms with van der Waals surface area (Å²) in [5, 5.41) is -0.00557. The van der Waals surface area contributed by atoms with Crippen LogP contribution in [0.5, 0.6) is 0 Å². The minimum Gasteiger partial charge on any atom is -0.101 e. The third-order valence-corrected chi connectivity index (χ3v) is 1.92. The molecule has 0 saturated carbocycles. The fourth-order valence-corrected chi connectivity index (χ4v) is 1.50. The molecule has 0 amide bonds. The fraction of sp³-hybridized carbons (Fsp3) is 1.00. The van der Waals surface area contributed by atoms with Crippen molar-refractivity contribution in [3.8, 4) is 0 Å². The molecule has 1 unspecified atom stereocenters. The van der Waals surface area contributed by atoms with Crippen LogP contribution in [-0.4, -0.2) is 13.2 Å². The number of nitrogens with zero attached hydrogens (tertiary/aromatic N) is 1. The third kappa shape index (κ3) is 4.83. The van der Waals surface area contributed by atoms with Gasteiger partial charge in [-0.15, -0.1) is 4.74 Å². The molecule has 0 aromatic rings. The van der Waals surface area contributed by atoms with Gasteiger partial charge in [-0.3, -0.25) is 0 Å². The molecule has 0 spiro atoms. The van der Waals surface area contributed by atoms with Crippen molar-refractivity contribution in [3.05, 3.63) is 0 Å². The summed E-state index contributed by atoms with van der Waals surface area (Å²) in [6.07, 6.45) is 0. The molecule has 0 radical (unpaired) electrons. The van der Waals surface area contributed by atoms with Gasteiger partial charge in [-0.25, -0.2) is 0 Å². The lowest BCUT2D eigenvalue weighted by atomic mass is 10.8. The molecule has 6 heavy (non-hydrogen) atoms. The second kappa shape index (κ2) is 4.00. The summed E-state index contributed by atoms with van der Waals surface area (Å²) in [6, 6.07) is 0. The quantitative estimate of drug-likeness (QED) is 0.471. The standard InChI is InChI=1S/C3H8INP/c1-3-5-6(2)4/h3H2,1-2H3/q+1. The molecule has 1 nitrogen and oxygen atoms in total. The molecule has 0 aromatic carbocycles. The summed E-state index contributed by atoms with van der Waals surface area (Å²) in [6.45, 7) is 5.18. The molecule has 0 aliphatic carbocycles. The Balaban J connectivity index is 3.14. The van der Waals surface area contributed by atoms with Crippen LogP contribution in [0.3, 0.4) is 0 Å². The Kier molecular flexibility index (Phi) is 4.56. The number of hydrogen-bond acceptors (Lipinski definition) is 1. The molecule has 0 heterocycles. The van der Waals surface area contributed by atoms with E-state index in [1.807, 2.05) is 0 Å². The average molecular weight is 216 g/mol. The van der Waals surface area contributed by atoms with Crippen molar-refractivity contribution in [1.82, 2.24) is 0 Å². The van der Waals surface area contributed by atoms with Crippen LogP contribution in [0.25, 0.3) is 0 Å². The van der Waals surface area contributed by atoms with E-state index in [-0.39, 0.29) is 5.36 Å². The van der Waals surface area contributed by atoms with E-state index in [9.17, 15) is 0 Å². The van der Waals surface area contributed by atoms with Crippen LogP contribution >= 0.6 is 27.4 Å².